The van der Waals surface area contributed by atoms with Crippen molar-refractivity contribution in [2.45, 2.75) is 26.2 Å². The largest absolute Gasteiger partial charge is 0.325 e. The third-order valence-electron chi connectivity index (χ3n) is 3.04. The predicted octanol–water partition coefficient (Wildman–Crippen LogP) is 4.00. The summed E-state index contributed by atoms with van der Waals surface area (Å²) in [5.41, 5.74) is 2.71. The van der Waals surface area contributed by atoms with E-state index in [0.717, 1.165) is 24.2 Å². The highest BCUT2D eigenvalue weighted by Gasteiger charge is 2.06. The van der Waals surface area contributed by atoms with E-state index in [1.54, 1.807) is 12.1 Å². The molecule has 0 spiro atoms. The number of benzene rings is 1. The van der Waals surface area contributed by atoms with Gasteiger partial charge in [-0.15, -0.1) is 0 Å². The number of carbonyl (C=O) groups is 1. The summed E-state index contributed by atoms with van der Waals surface area (Å²) in [5, 5.41) is 3.30. The third kappa shape index (κ3) is 4.35. The van der Waals surface area contributed by atoms with E-state index in [9.17, 15) is 4.79 Å². The van der Waals surface area contributed by atoms with Gasteiger partial charge >= 0.3 is 0 Å². The molecule has 0 atom stereocenters. The summed E-state index contributed by atoms with van der Waals surface area (Å²) in [6.07, 6.45) is 2.24. The van der Waals surface area contributed by atoms with Crippen LogP contribution in [0.3, 0.4) is 0 Å². The lowest BCUT2D eigenvalue weighted by atomic mass is 10.1. The summed E-state index contributed by atoms with van der Waals surface area (Å²) < 4.78 is 0. The summed E-state index contributed by atoms with van der Waals surface area (Å²) >= 11 is 5.78. The lowest BCUT2D eigenvalue weighted by Gasteiger charge is -2.08. The van der Waals surface area contributed by atoms with Crippen molar-refractivity contribution in [1.29, 1.82) is 0 Å². The van der Waals surface area contributed by atoms with E-state index < -0.39 is 0 Å². The van der Waals surface area contributed by atoms with Gasteiger partial charge in [0.25, 0.3) is 0 Å². The molecule has 1 aromatic heterocycles. The summed E-state index contributed by atoms with van der Waals surface area (Å²) in [4.78, 5) is 16.0. The first-order chi connectivity index (χ1) is 9.65. The molecule has 2 aromatic rings. The number of carbonyl (C=O) groups excluding carboxylic acids is 1. The van der Waals surface area contributed by atoms with Crippen molar-refractivity contribution in [1.82, 2.24) is 4.98 Å². The molecule has 1 aromatic carbocycles. The highest BCUT2D eigenvalue weighted by Crippen LogP contribution is 2.16. The highest BCUT2D eigenvalue weighted by atomic mass is 35.5. The Morgan fingerprint density at radius 3 is 2.65 bits per heavy atom. The Morgan fingerprint density at radius 1 is 1.20 bits per heavy atom. The van der Waals surface area contributed by atoms with Crippen LogP contribution in [0.1, 0.15) is 24.1 Å². The van der Waals surface area contributed by atoms with Crippen molar-refractivity contribution in [3.05, 3.63) is 58.9 Å². The molecule has 104 valence electrons. The minimum Gasteiger partial charge on any atom is -0.325 e. The second-order valence-electron chi connectivity index (χ2n) is 4.65. The van der Waals surface area contributed by atoms with E-state index in [-0.39, 0.29) is 5.91 Å². The Morgan fingerprint density at radius 2 is 1.95 bits per heavy atom. The topological polar surface area (TPSA) is 42.0 Å². The second-order valence-corrected chi connectivity index (χ2v) is 5.04. The smallest absolute Gasteiger partial charge is 0.224 e. The number of nitrogens with one attached hydrogen (secondary N) is 1. The molecule has 4 heteroatoms. The van der Waals surface area contributed by atoms with Crippen LogP contribution in [-0.4, -0.2) is 10.9 Å². The molecule has 0 radical (unpaired) electrons. The van der Waals surface area contributed by atoms with Crippen molar-refractivity contribution in [2.24, 2.45) is 0 Å². The minimum absolute atomic E-state index is 0.00755. The number of hydrogen-bond donors (Lipinski definition) is 1. The van der Waals surface area contributed by atoms with Crippen molar-refractivity contribution in [2.75, 3.05) is 5.32 Å². The number of nitrogens with zero attached hydrogens (tertiary/aromatic N) is 1. The van der Waals surface area contributed by atoms with Crippen LogP contribution in [0.5, 0.6) is 0 Å². The van der Waals surface area contributed by atoms with Gasteiger partial charge in [-0.1, -0.05) is 41.9 Å². The number of hydrogen-bond acceptors (Lipinski definition) is 2. The average molecular weight is 289 g/mol. The number of anilines is 1. The van der Waals surface area contributed by atoms with Gasteiger partial charge in [0.2, 0.25) is 5.91 Å². The van der Waals surface area contributed by atoms with Crippen molar-refractivity contribution in [3.8, 4) is 0 Å². The number of aryl methyl sites for hydroxylation is 2. The van der Waals surface area contributed by atoms with Crippen molar-refractivity contribution < 1.29 is 4.79 Å². The number of halogens is 1. The summed E-state index contributed by atoms with van der Waals surface area (Å²) in [6, 6.07) is 13.6. The molecular formula is C16H17ClN2O. The first-order valence-corrected chi connectivity index (χ1v) is 7.00. The zero-order chi connectivity index (χ0) is 14.4. The van der Waals surface area contributed by atoms with Gasteiger partial charge < -0.3 is 5.32 Å². The van der Waals surface area contributed by atoms with Gasteiger partial charge in [-0.25, -0.2) is 4.98 Å². The fourth-order valence-electron chi connectivity index (χ4n) is 1.97. The first-order valence-electron chi connectivity index (χ1n) is 6.62. The zero-order valence-electron chi connectivity index (χ0n) is 11.4. The molecule has 3 nitrogen and oxygen atoms in total. The molecule has 0 aliphatic carbocycles. The molecule has 0 fully saturated rings. The molecule has 0 saturated carbocycles. The van der Waals surface area contributed by atoms with Crippen LogP contribution < -0.4 is 5.32 Å². The molecule has 1 N–H and O–H groups in total. The van der Waals surface area contributed by atoms with Crippen LogP contribution in [0.25, 0.3) is 0 Å². The van der Waals surface area contributed by atoms with E-state index in [1.165, 1.54) is 5.56 Å². The van der Waals surface area contributed by atoms with E-state index >= 15 is 0 Å². The van der Waals surface area contributed by atoms with Gasteiger partial charge in [0.15, 0.2) is 0 Å². The van der Waals surface area contributed by atoms with Gasteiger partial charge in [-0.3, -0.25) is 4.79 Å². The maximum atomic E-state index is 11.9. The Labute approximate surface area is 124 Å². The molecule has 0 unspecified atom stereocenters. The standard InChI is InChI=1S/C16H17ClN2O/c1-12-14(10-11-15(17)18-12)19-16(20)9-5-8-13-6-3-2-4-7-13/h2-4,6-7,10-11H,5,8-9H2,1H3,(H,19,20). The predicted molar refractivity (Wildman–Crippen MR) is 82.0 cm³/mol. The SMILES string of the molecule is Cc1nc(Cl)ccc1NC(=O)CCCc1ccccc1. The summed E-state index contributed by atoms with van der Waals surface area (Å²) in [5.74, 6) is 0.00755. The van der Waals surface area contributed by atoms with Crippen LogP contribution in [0.15, 0.2) is 42.5 Å². The molecule has 0 aliphatic rings. The van der Waals surface area contributed by atoms with Gasteiger partial charge in [0.1, 0.15) is 5.15 Å². The lowest BCUT2D eigenvalue weighted by Crippen LogP contribution is -2.12. The van der Waals surface area contributed by atoms with Crippen LogP contribution in [-0.2, 0) is 11.2 Å². The van der Waals surface area contributed by atoms with E-state index in [1.807, 2.05) is 25.1 Å². The summed E-state index contributed by atoms with van der Waals surface area (Å²) in [7, 11) is 0. The Kier molecular flexibility index (Phi) is 5.13. The number of aromatic nitrogens is 1. The maximum Gasteiger partial charge on any atom is 0.224 e. The van der Waals surface area contributed by atoms with Gasteiger partial charge in [-0.2, -0.15) is 0 Å². The Hall–Kier alpha value is -1.87. The van der Waals surface area contributed by atoms with Crippen LogP contribution >= 0.6 is 11.6 Å². The molecular weight excluding hydrogens is 272 g/mol. The van der Waals surface area contributed by atoms with E-state index in [4.69, 9.17) is 11.6 Å². The van der Waals surface area contributed by atoms with Gasteiger partial charge in [0.05, 0.1) is 11.4 Å². The summed E-state index contributed by atoms with van der Waals surface area (Å²) in [6.45, 7) is 1.82. The molecule has 2 rings (SSSR count). The second kappa shape index (κ2) is 7.06. The molecule has 20 heavy (non-hydrogen) atoms. The van der Waals surface area contributed by atoms with Crippen LogP contribution in [0.4, 0.5) is 5.69 Å². The molecule has 0 saturated heterocycles. The highest BCUT2D eigenvalue weighted by molar-refractivity contribution is 6.29. The third-order valence-corrected chi connectivity index (χ3v) is 3.25. The fraction of sp³-hybridized carbons (Fsp3) is 0.250. The number of rotatable bonds is 5. The van der Waals surface area contributed by atoms with E-state index in [2.05, 4.69) is 22.4 Å². The fourth-order valence-corrected chi connectivity index (χ4v) is 2.16. The van der Waals surface area contributed by atoms with Gasteiger partial charge in [0, 0.05) is 6.42 Å². The van der Waals surface area contributed by atoms with Gasteiger partial charge in [-0.05, 0) is 37.5 Å². The molecule has 1 amide bonds. The van der Waals surface area contributed by atoms with E-state index in [0.29, 0.717) is 11.6 Å². The maximum absolute atomic E-state index is 11.9. The van der Waals surface area contributed by atoms with Crippen LogP contribution in [0, 0.1) is 6.92 Å². The number of amides is 1. The molecule has 0 bridgehead atoms. The molecule has 0 aliphatic heterocycles. The normalized spacial score (nSPS) is 10.3. The Balaban J connectivity index is 1.81. The zero-order valence-corrected chi connectivity index (χ0v) is 12.2. The van der Waals surface area contributed by atoms with Crippen molar-refractivity contribution >= 4 is 23.2 Å². The molecule has 1 heterocycles. The van der Waals surface area contributed by atoms with Crippen LogP contribution in [0.2, 0.25) is 5.15 Å². The van der Waals surface area contributed by atoms with Crippen molar-refractivity contribution in [3.63, 3.8) is 0 Å². The monoisotopic (exact) mass is 288 g/mol. The lowest BCUT2D eigenvalue weighted by molar-refractivity contribution is -0.116. The first kappa shape index (κ1) is 14.5. The Bertz CT molecular complexity index is 584. The number of pyridine rings is 1. The average Bonchev–Trinajstić information content (AvgIpc) is 2.43. The minimum atomic E-state index is 0.00755. The quantitative estimate of drug-likeness (QED) is 0.845.